The van der Waals surface area contributed by atoms with Gasteiger partial charge in [0.1, 0.15) is 0 Å². The molecule has 1 aromatic carbocycles. The largest absolute Gasteiger partial charge is 0.504 e. The number of benzene rings is 1. The number of aryl methyl sites for hydroxylation is 1. The van der Waals surface area contributed by atoms with E-state index in [1.807, 2.05) is 6.20 Å². The summed E-state index contributed by atoms with van der Waals surface area (Å²) in [4.78, 5) is 0. The van der Waals surface area contributed by atoms with Gasteiger partial charge in [0.25, 0.3) is 0 Å². The standard InChI is InChI=1S/C12H16N4O2/c17-11-4-1-3-10(12(11)18)9-13-5-2-7-16-8-6-14-15-16/h1,3-4,6,8,13,17-18H,2,5,7,9H2. The van der Waals surface area contributed by atoms with Gasteiger partial charge in [-0.2, -0.15) is 0 Å². The molecule has 0 aliphatic heterocycles. The third-order valence-corrected chi connectivity index (χ3v) is 2.63. The third kappa shape index (κ3) is 3.21. The molecule has 0 spiro atoms. The van der Waals surface area contributed by atoms with Gasteiger partial charge in [-0.05, 0) is 19.0 Å². The minimum atomic E-state index is -0.0862. The molecule has 96 valence electrons. The smallest absolute Gasteiger partial charge is 0.161 e. The van der Waals surface area contributed by atoms with E-state index in [0.29, 0.717) is 12.1 Å². The third-order valence-electron chi connectivity index (χ3n) is 2.63. The molecule has 18 heavy (non-hydrogen) atoms. The van der Waals surface area contributed by atoms with E-state index < -0.39 is 0 Å². The number of phenolic OH excluding ortho intramolecular Hbond substituents is 2. The highest BCUT2D eigenvalue weighted by Crippen LogP contribution is 2.27. The van der Waals surface area contributed by atoms with Gasteiger partial charge in [-0.15, -0.1) is 5.10 Å². The van der Waals surface area contributed by atoms with Crippen LogP contribution >= 0.6 is 0 Å². The molecular weight excluding hydrogens is 232 g/mol. The van der Waals surface area contributed by atoms with Crippen LogP contribution in [0, 0.1) is 0 Å². The van der Waals surface area contributed by atoms with Crippen molar-refractivity contribution in [2.75, 3.05) is 6.54 Å². The Kier molecular flexibility index (Phi) is 4.14. The van der Waals surface area contributed by atoms with E-state index in [2.05, 4.69) is 15.6 Å². The quantitative estimate of drug-likeness (QED) is 0.522. The number of aromatic nitrogens is 3. The monoisotopic (exact) mass is 248 g/mol. The minimum Gasteiger partial charge on any atom is -0.504 e. The molecule has 6 heteroatoms. The fourth-order valence-electron chi connectivity index (χ4n) is 1.66. The summed E-state index contributed by atoms with van der Waals surface area (Å²) in [6.07, 6.45) is 4.39. The zero-order valence-electron chi connectivity index (χ0n) is 9.95. The van der Waals surface area contributed by atoms with Crippen LogP contribution < -0.4 is 5.32 Å². The molecule has 2 aromatic rings. The van der Waals surface area contributed by atoms with Crippen LogP contribution in [0.5, 0.6) is 11.5 Å². The highest BCUT2D eigenvalue weighted by Gasteiger charge is 2.04. The van der Waals surface area contributed by atoms with Crippen LogP contribution in [0.15, 0.2) is 30.6 Å². The van der Waals surface area contributed by atoms with Crippen LogP contribution in [0.25, 0.3) is 0 Å². The molecule has 0 amide bonds. The van der Waals surface area contributed by atoms with Crippen LogP contribution in [0.4, 0.5) is 0 Å². The fraction of sp³-hybridized carbons (Fsp3) is 0.333. The van der Waals surface area contributed by atoms with E-state index in [1.54, 1.807) is 23.0 Å². The molecule has 0 fully saturated rings. The summed E-state index contributed by atoms with van der Waals surface area (Å²) in [7, 11) is 0. The van der Waals surface area contributed by atoms with Gasteiger partial charge in [0.05, 0.1) is 6.20 Å². The molecule has 1 aromatic heterocycles. The van der Waals surface area contributed by atoms with Crippen LogP contribution in [0.2, 0.25) is 0 Å². The van der Waals surface area contributed by atoms with Gasteiger partial charge in [-0.3, -0.25) is 4.68 Å². The first-order valence-electron chi connectivity index (χ1n) is 5.82. The van der Waals surface area contributed by atoms with Gasteiger partial charge >= 0.3 is 0 Å². The predicted molar refractivity (Wildman–Crippen MR) is 66.1 cm³/mol. The zero-order chi connectivity index (χ0) is 12.8. The van der Waals surface area contributed by atoms with Gasteiger partial charge < -0.3 is 15.5 Å². The number of nitrogens with one attached hydrogen (secondary N) is 1. The van der Waals surface area contributed by atoms with Crippen molar-refractivity contribution in [2.45, 2.75) is 19.5 Å². The first kappa shape index (κ1) is 12.4. The summed E-state index contributed by atoms with van der Waals surface area (Å²) in [5.41, 5.74) is 0.691. The topological polar surface area (TPSA) is 83.2 Å². The molecule has 0 atom stereocenters. The Morgan fingerprint density at radius 3 is 2.94 bits per heavy atom. The summed E-state index contributed by atoms with van der Waals surface area (Å²) in [6, 6.07) is 4.95. The Balaban J connectivity index is 1.70. The van der Waals surface area contributed by atoms with Crippen LogP contribution in [0.3, 0.4) is 0 Å². The summed E-state index contributed by atoms with van der Waals surface area (Å²) in [6.45, 7) is 2.13. The van der Waals surface area contributed by atoms with Gasteiger partial charge in [-0.1, -0.05) is 17.3 Å². The maximum absolute atomic E-state index is 9.59. The van der Waals surface area contributed by atoms with Gasteiger partial charge in [0.15, 0.2) is 11.5 Å². The van der Waals surface area contributed by atoms with Crippen LogP contribution in [0.1, 0.15) is 12.0 Å². The first-order chi connectivity index (χ1) is 8.77. The lowest BCUT2D eigenvalue weighted by Crippen LogP contribution is -2.16. The first-order valence-corrected chi connectivity index (χ1v) is 5.82. The van der Waals surface area contributed by atoms with Crippen molar-refractivity contribution < 1.29 is 10.2 Å². The molecule has 0 saturated carbocycles. The Bertz CT molecular complexity index is 485. The Morgan fingerprint density at radius 1 is 1.28 bits per heavy atom. The minimum absolute atomic E-state index is 0.0544. The van der Waals surface area contributed by atoms with E-state index in [4.69, 9.17) is 0 Å². The molecule has 2 rings (SSSR count). The van der Waals surface area contributed by atoms with Crippen molar-refractivity contribution in [3.05, 3.63) is 36.2 Å². The normalized spacial score (nSPS) is 10.7. The zero-order valence-corrected chi connectivity index (χ0v) is 9.95. The second-order valence-electron chi connectivity index (χ2n) is 3.98. The lowest BCUT2D eigenvalue weighted by atomic mass is 10.2. The van der Waals surface area contributed by atoms with Crippen molar-refractivity contribution in [1.82, 2.24) is 20.3 Å². The maximum Gasteiger partial charge on any atom is 0.161 e. The average molecular weight is 248 g/mol. The molecule has 1 heterocycles. The average Bonchev–Trinajstić information content (AvgIpc) is 2.87. The number of phenols is 2. The van der Waals surface area contributed by atoms with E-state index in [9.17, 15) is 10.2 Å². The fourth-order valence-corrected chi connectivity index (χ4v) is 1.66. The lowest BCUT2D eigenvalue weighted by Gasteiger charge is -2.07. The molecule has 0 aliphatic rings. The van der Waals surface area contributed by atoms with E-state index >= 15 is 0 Å². The maximum atomic E-state index is 9.59. The van der Waals surface area contributed by atoms with Gasteiger partial charge in [0, 0.05) is 24.8 Å². The molecule has 6 nitrogen and oxygen atoms in total. The number of hydrogen-bond acceptors (Lipinski definition) is 5. The number of aromatic hydroxyl groups is 2. The lowest BCUT2D eigenvalue weighted by molar-refractivity contribution is 0.397. The van der Waals surface area contributed by atoms with Crippen molar-refractivity contribution in [3.8, 4) is 11.5 Å². The Hall–Kier alpha value is -2.08. The molecular formula is C12H16N4O2. The van der Waals surface area contributed by atoms with Crippen molar-refractivity contribution in [2.24, 2.45) is 0 Å². The van der Waals surface area contributed by atoms with E-state index in [0.717, 1.165) is 19.5 Å². The number of nitrogens with zero attached hydrogens (tertiary/aromatic N) is 3. The van der Waals surface area contributed by atoms with Gasteiger partial charge in [-0.25, -0.2) is 0 Å². The Morgan fingerprint density at radius 2 is 2.17 bits per heavy atom. The Labute approximate surface area is 105 Å². The molecule has 0 radical (unpaired) electrons. The molecule has 3 N–H and O–H groups in total. The van der Waals surface area contributed by atoms with Gasteiger partial charge in [0.2, 0.25) is 0 Å². The SMILES string of the molecule is Oc1cccc(CNCCCn2ccnn2)c1O. The van der Waals surface area contributed by atoms with Crippen molar-refractivity contribution in [3.63, 3.8) is 0 Å². The highest BCUT2D eigenvalue weighted by atomic mass is 16.3. The molecule has 0 aliphatic carbocycles. The highest BCUT2D eigenvalue weighted by molar-refractivity contribution is 5.44. The summed E-state index contributed by atoms with van der Waals surface area (Å²) in [5.74, 6) is -0.141. The molecule has 0 bridgehead atoms. The number of rotatable bonds is 6. The summed E-state index contributed by atoms with van der Waals surface area (Å²) < 4.78 is 1.77. The van der Waals surface area contributed by atoms with Crippen LogP contribution in [-0.2, 0) is 13.1 Å². The number of para-hydroxylation sites is 1. The molecule has 0 saturated heterocycles. The summed E-state index contributed by atoms with van der Waals surface area (Å²) >= 11 is 0. The second kappa shape index (κ2) is 6.02. The van der Waals surface area contributed by atoms with E-state index in [1.165, 1.54) is 6.07 Å². The molecule has 0 unspecified atom stereocenters. The summed E-state index contributed by atoms with van der Waals surface area (Å²) in [5, 5.41) is 29.7. The predicted octanol–water partition coefficient (Wildman–Crippen LogP) is 0.869. The van der Waals surface area contributed by atoms with Crippen molar-refractivity contribution >= 4 is 0 Å². The van der Waals surface area contributed by atoms with Crippen LogP contribution in [-0.4, -0.2) is 31.8 Å². The second-order valence-corrected chi connectivity index (χ2v) is 3.98. The van der Waals surface area contributed by atoms with E-state index in [-0.39, 0.29) is 11.5 Å². The number of hydrogen-bond donors (Lipinski definition) is 3. The van der Waals surface area contributed by atoms with Crippen molar-refractivity contribution in [1.29, 1.82) is 0 Å².